The zero-order chi connectivity index (χ0) is 38.9. The Kier molecular flexibility index (Phi) is 14.9. The lowest BCUT2D eigenvalue weighted by Crippen LogP contribution is -2.64. The molecule has 292 valence electrons. The number of likely N-dealkylation sites (N-methyl/N-ethyl adjacent to an activating group) is 2. The number of ether oxygens (including phenoxy) is 4. The Bertz CT molecular complexity index is 1680. The van der Waals surface area contributed by atoms with Crippen LogP contribution in [0.5, 0.6) is 23.0 Å². The molecule has 2 aliphatic heterocycles. The summed E-state index contributed by atoms with van der Waals surface area (Å²) in [5, 5.41) is 40.9. The molecule has 15 heteroatoms. The monoisotopic (exact) mass is 760 g/mol. The summed E-state index contributed by atoms with van der Waals surface area (Å²) in [5.41, 5.74) is 3.56. The number of hydrogen-bond acceptors (Lipinski definition) is 11. The van der Waals surface area contributed by atoms with E-state index in [1.807, 2.05) is 68.6 Å². The smallest absolute Gasteiger partial charge is 0.466 e. The van der Waals surface area contributed by atoms with Gasteiger partial charge in [-0.05, 0) is 69.7 Å². The second-order valence-electron chi connectivity index (χ2n) is 13.4. The number of nitrogens with zero attached hydrogens (tertiary/aromatic N) is 1. The predicted molar refractivity (Wildman–Crippen MR) is 198 cm³/mol. The highest BCUT2D eigenvalue weighted by atomic mass is 31.2. The van der Waals surface area contributed by atoms with E-state index in [1.54, 1.807) is 26.4 Å². The number of phosphoric acid groups is 1. The molecule has 0 aromatic heterocycles. The first kappa shape index (κ1) is 42.2. The number of piperidine rings is 1. The van der Waals surface area contributed by atoms with Crippen LogP contribution in [0.25, 0.3) is 0 Å². The maximum atomic E-state index is 10.6. The predicted octanol–water partition coefficient (Wildman–Crippen LogP) is 2.33. The maximum Gasteiger partial charge on any atom is 0.466 e. The van der Waals surface area contributed by atoms with E-state index >= 15 is 0 Å². The van der Waals surface area contributed by atoms with Gasteiger partial charge < -0.3 is 64.3 Å². The molecule has 4 aliphatic rings. The second kappa shape index (κ2) is 18.7. The van der Waals surface area contributed by atoms with Crippen molar-refractivity contribution in [2.24, 2.45) is 5.92 Å². The van der Waals surface area contributed by atoms with Crippen LogP contribution in [0.3, 0.4) is 0 Å². The minimum atomic E-state index is -4.64. The fourth-order valence-electron chi connectivity index (χ4n) is 7.46. The molecular weight excluding hydrogens is 707 g/mol. The number of aliphatic hydroxyl groups is 4. The summed E-state index contributed by atoms with van der Waals surface area (Å²) in [6.07, 6.45) is 4.25. The number of methoxy groups -OCH3 is 2. The van der Waals surface area contributed by atoms with Crippen molar-refractivity contribution in [3.63, 3.8) is 0 Å². The third kappa shape index (κ3) is 9.97. The molecule has 8 N–H and O–H groups in total. The van der Waals surface area contributed by atoms with Crippen LogP contribution in [0, 0.1) is 5.92 Å². The Hall–Kier alpha value is -3.53. The number of para-hydroxylation sites is 2. The molecule has 2 aliphatic carbocycles. The van der Waals surface area contributed by atoms with Crippen molar-refractivity contribution >= 4 is 7.82 Å². The summed E-state index contributed by atoms with van der Waals surface area (Å²) >= 11 is 0. The Morgan fingerprint density at radius 1 is 0.962 bits per heavy atom. The first-order valence-corrected chi connectivity index (χ1v) is 18.9. The van der Waals surface area contributed by atoms with Gasteiger partial charge in [0.2, 0.25) is 0 Å². The van der Waals surface area contributed by atoms with Gasteiger partial charge >= 0.3 is 7.82 Å². The molecule has 7 rings (SSSR count). The minimum Gasteiger partial charge on any atom is -0.493 e. The van der Waals surface area contributed by atoms with Gasteiger partial charge in [0.05, 0.1) is 26.9 Å². The van der Waals surface area contributed by atoms with E-state index in [-0.39, 0.29) is 30.8 Å². The van der Waals surface area contributed by atoms with Gasteiger partial charge in [-0.25, -0.2) is 4.57 Å². The number of hydrogen-bond donors (Lipinski definition) is 8. The fourth-order valence-corrected chi connectivity index (χ4v) is 7.46. The van der Waals surface area contributed by atoms with Gasteiger partial charge in [0.25, 0.3) is 0 Å². The number of nitrogens with one attached hydrogen (secondary N) is 1. The molecule has 1 unspecified atom stereocenters. The molecule has 3 aromatic rings. The molecule has 8 atom stereocenters. The molecule has 0 amide bonds. The van der Waals surface area contributed by atoms with Crippen LogP contribution >= 0.6 is 7.82 Å². The van der Waals surface area contributed by atoms with Gasteiger partial charge in [-0.3, -0.25) is 0 Å². The van der Waals surface area contributed by atoms with E-state index in [0.717, 1.165) is 36.4 Å². The molecule has 14 nitrogen and oxygen atoms in total. The van der Waals surface area contributed by atoms with E-state index in [2.05, 4.69) is 29.4 Å². The Labute approximate surface area is 310 Å². The van der Waals surface area contributed by atoms with Crippen LogP contribution in [0.1, 0.15) is 36.1 Å². The first-order valence-electron chi connectivity index (χ1n) is 17.4. The zero-order valence-electron chi connectivity index (χ0n) is 30.6. The molecule has 53 heavy (non-hydrogen) atoms. The summed E-state index contributed by atoms with van der Waals surface area (Å²) in [6, 6.07) is 21.6. The lowest BCUT2D eigenvalue weighted by atomic mass is 9.53. The van der Waals surface area contributed by atoms with Crippen LogP contribution < -0.4 is 24.3 Å². The highest BCUT2D eigenvalue weighted by Gasteiger charge is 2.64. The van der Waals surface area contributed by atoms with Crippen LogP contribution in [0.15, 0.2) is 78.9 Å². The van der Waals surface area contributed by atoms with Crippen molar-refractivity contribution in [2.75, 3.05) is 48.1 Å². The summed E-state index contributed by atoms with van der Waals surface area (Å²) in [4.78, 5) is 24.0. The molecule has 0 radical (unpaired) electrons. The lowest BCUT2D eigenvalue weighted by Gasteiger charge is -2.56. The third-order valence-corrected chi connectivity index (χ3v) is 10.1. The SMILES string of the molecule is CN[C@@H](C)[C@@H](O)c1ccccc1.COc1ccc2c3c1O[C@H]1[C@@H](O)C=C[C@H]4[C@@H](C2)N(C)CC[C@@]341.COc1ccccc1OCC(O)CO.O=P(O)(O)O. The largest absolute Gasteiger partial charge is 0.493 e. The highest BCUT2D eigenvalue weighted by Crippen LogP contribution is 2.62. The van der Waals surface area contributed by atoms with Crippen molar-refractivity contribution in [1.82, 2.24) is 10.2 Å². The number of likely N-dealkylation sites (tertiary alicyclic amines) is 1. The number of rotatable bonds is 9. The summed E-state index contributed by atoms with van der Waals surface area (Å²) in [7, 11) is 2.66. The molecule has 2 bridgehead atoms. The topological polar surface area (TPSA) is 211 Å². The zero-order valence-corrected chi connectivity index (χ0v) is 31.5. The summed E-state index contributed by atoms with van der Waals surface area (Å²) in [6.45, 7) is 2.75. The van der Waals surface area contributed by atoms with Crippen LogP contribution in [-0.4, -0.2) is 118 Å². The molecule has 0 saturated carbocycles. The van der Waals surface area contributed by atoms with Gasteiger partial charge in [-0.15, -0.1) is 0 Å². The van der Waals surface area contributed by atoms with Gasteiger partial charge in [0, 0.05) is 29.0 Å². The molecule has 2 heterocycles. The number of benzene rings is 3. The van der Waals surface area contributed by atoms with Crippen molar-refractivity contribution in [3.05, 3.63) is 95.6 Å². The first-order chi connectivity index (χ1) is 25.2. The fraction of sp³-hybridized carbons (Fsp3) is 0.474. The molecule has 1 fully saturated rings. The van der Waals surface area contributed by atoms with Crippen molar-refractivity contribution in [2.45, 2.75) is 61.7 Å². The van der Waals surface area contributed by atoms with E-state index in [1.165, 1.54) is 11.1 Å². The third-order valence-electron chi connectivity index (χ3n) is 10.1. The normalized spacial score (nSPS) is 24.9. The lowest BCUT2D eigenvalue weighted by molar-refractivity contribution is -0.0453. The van der Waals surface area contributed by atoms with Crippen LogP contribution in [0.4, 0.5) is 0 Å². The number of aliphatic hydroxyl groups excluding tert-OH is 4. The van der Waals surface area contributed by atoms with Crippen LogP contribution in [0.2, 0.25) is 0 Å². The van der Waals surface area contributed by atoms with Gasteiger partial charge in [0.1, 0.15) is 24.9 Å². The second-order valence-corrected chi connectivity index (χ2v) is 14.4. The van der Waals surface area contributed by atoms with Crippen LogP contribution in [-0.2, 0) is 16.4 Å². The Morgan fingerprint density at radius 3 is 2.19 bits per heavy atom. The van der Waals surface area contributed by atoms with Crippen molar-refractivity contribution in [1.29, 1.82) is 0 Å². The van der Waals surface area contributed by atoms with Gasteiger partial charge in [-0.2, -0.15) is 0 Å². The van der Waals surface area contributed by atoms with E-state index in [4.69, 9.17) is 48.4 Å². The molecule has 1 saturated heterocycles. The van der Waals surface area contributed by atoms with E-state index in [9.17, 15) is 10.2 Å². The standard InChI is InChI=1S/C18H21NO3.C10H15NO.C10H14O4.H3O4P/c1-19-8-7-18-11-4-5-13(20)17(18)22-16-14(21-2)6-3-10(15(16)18)9-12(11)19;1-8(11-2)10(12)9-6-4-3-5-7-9;1-13-9-4-2-3-5-10(9)14-7-8(12)6-11;1-5(2,3)4/h3-6,11-13,17,20H,7-9H2,1-2H3;3-8,10-12H,1-2H3;2-5,8,11-12H,6-7H2,1H3;(H3,1,2,3,4)/t11-,12+,13-,17-,18-;8-,10+;;/m00../s1. The Morgan fingerprint density at radius 2 is 1.58 bits per heavy atom. The molecule has 3 aromatic carbocycles. The average molecular weight is 761 g/mol. The van der Waals surface area contributed by atoms with E-state index in [0.29, 0.717) is 23.5 Å². The maximum absolute atomic E-state index is 10.6. The minimum absolute atomic E-state index is 0.0525. The van der Waals surface area contributed by atoms with E-state index < -0.39 is 26.1 Å². The molecular formula is C38H53N2O12P. The highest BCUT2D eigenvalue weighted by molar-refractivity contribution is 7.45. The summed E-state index contributed by atoms with van der Waals surface area (Å²) < 4.78 is 31.0. The quantitative estimate of drug-likeness (QED) is 0.116. The van der Waals surface area contributed by atoms with Gasteiger partial charge in [-0.1, -0.05) is 60.7 Å². The molecule has 1 spiro atoms. The Balaban J connectivity index is 0.000000176. The van der Waals surface area contributed by atoms with Gasteiger partial charge in [0.15, 0.2) is 23.0 Å². The van der Waals surface area contributed by atoms with Crippen molar-refractivity contribution in [3.8, 4) is 23.0 Å². The summed E-state index contributed by atoms with van der Waals surface area (Å²) in [5.74, 6) is 3.26. The van der Waals surface area contributed by atoms with Crippen molar-refractivity contribution < 1.29 is 58.6 Å². The average Bonchev–Trinajstić information content (AvgIpc) is 3.51.